The second kappa shape index (κ2) is 6.83. The molecule has 0 bridgehead atoms. The van der Waals surface area contributed by atoms with Crippen LogP contribution < -0.4 is 15.6 Å². The monoisotopic (exact) mass is 316 g/mol. The van der Waals surface area contributed by atoms with Crippen LogP contribution in [0.2, 0.25) is 0 Å². The number of nitrogens with one attached hydrogen (secondary N) is 1. The quantitative estimate of drug-likeness (QED) is 0.900. The molecule has 0 spiro atoms. The molecule has 1 aromatic heterocycles. The lowest BCUT2D eigenvalue weighted by molar-refractivity contribution is -0.123. The minimum atomic E-state index is -0.217. The summed E-state index contributed by atoms with van der Waals surface area (Å²) >= 11 is 0. The number of pyridine rings is 1. The van der Waals surface area contributed by atoms with Gasteiger partial charge in [0.05, 0.1) is 11.6 Å². The number of nitrogens with zero attached hydrogens (tertiary/aromatic N) is 1. The van der Waals surface area contributed by atoms with Crippen molar-refractivity contribution in [3.05, 3.63) is 40.7 Å². The van der Waals surface area contributed by atoms with Gasteiger partial charge in [-0.05, 0) is 25.0 Å². The number of carbonyl (C=O) groups is 1. The van der Waals surface area contributed by atoms with Gasteiger partial charge in [-0.1, -0.05) is 12.1 Å². The van der Waals surface area contributed by atoms with Gasteiger partial charge in [-0.25, -0.2) is 0 Å². The molecule has 6 nitrogen and oxygen atoms in total. The molecule has 1 N–H and O–H groups in total. The number of amides is 1. The highest BCUT2D eigenvalue weighted by Crippen LogP contribution is 2.22. The summed E-state index contributed by atoms with van der Waals surface area (Å²) < 4.78 is 12.6. The lowest BCUT2D eigenvalue weighted by Crippen LogP contribution is -2.35. The van der Waals surface area contributed by atoms with Crippen LogP contribution in [-0.4, -0.2) is 36.3 Å². The Labute approximate surface area is 134 Å². The van der Waals surface area contributed by atoms with Gasteiger partial charge in [0.2, 0.25) is 0 Å². The maximum atomic E-state index is 12.0. The number of carbonyl (C=O) groups excluding carboxylic acids is 1. The first-order chi connectivity index (χ1) is 11.1. The van der Waals surface area contributed by atoms with Crippen molar-refractivity contribution in [2.45, 2.75) is 18.9 Å². The van der Waals surface area contributed by atoms with Gasteiger partial charge in [-0.2, -0.15) is 0 Å². The van der Waals surface area contributed by atoms with Crippen molar-refractivity contribution in [1.29, 1.82) is 0 Å². The molecule has 6 heteroatoms. The summed E-state index contributed by atoms with van der Waals surface area (Å²) in [5, 5.41) is 3.60. The van der Waals surface area contributed by atoms with E-state index in [1.807, 2.05) is 24.3 Å². The fourth-order valence-electron chi connectivity index (χ4n) is 2.73. The standard InChI is InChI=1S/C17H20N2O4/c1-19-14-7-3-2-6-13(14)15(9-17(19)21)23-11-16(20)18-10-12-5-4-8-22-12/h2-3,6-7,9,12H,4-5,8,10-11H2,1H3,(H,18,20). The highest BCUT2D eigenvalue weighted by molar-refractivity contribution is 5.86. The van der Waals surface area contributed by atoms with E-state index in [0.717, 1.165) is 30.4 Å². The van der Waals surface area contributed by atoms with Gasteiger partial charge in [0.25, 0.3) is 11.5 Å². The molecule has 122 valence electrons. The number of hydrogen-bond donors (Lipinski definition) is 1. The lowest BCUT2D eigenvalue weighted by Gasteiger charge is -2.13. The predicted octanol–water partition coefficient (Wildman–Crippen LogP) is 1.21. The van der Waals surface area contributed by atoms with Crippen molar-refractivity contribution in [1.82, 2.24) is 9.88 Å². The molecule has 1 saturated heterocycles. The van der Waals surface area contributed by atoms with E-state index in [1.165, 1.54) is 6.07 Å². The average Bonchev–Trinajstić information content (AvgIpc) is 3.08. The van der Waals surface area contributed by atoms with Crippen LogP contribution in [0.1, 0.15) is 12.8 Å². The third kappa shape index (κ3) is 3.53. The number of fused-ring (bicyclic) bond motifs is 1. The van der Waals surface area contributed by atoms with Crippen LogP contribution in [0, 0.1) is 0 Å². The zero-order valence-corrected chi connectivity index (χ0v) is 13.1. The molecule has 1 atom stereocenters. The summed E-state index contributed by atoms with van der Waals surface area (Å²) in [4.78, 5) is 23.9. The van der Waals surface area contributed by atoms with Crippen molar-refractivity contribution in [2.24, 2.45) is 7.05 Å². The van der Waals surface area contributed by atoms with Gasteiger partial charge in [-0.3, -0.25) is 9.59 Å². The summed E-state index contributed by atoms with van der Waals surface area (Å²) in [6.07, 6.45) is 2.11. The molecule has 1 aliphatic heterocycles. The summed E-state index contributed by atoms with van der Waals surface area (Å²) in [5.41, 5.74) is 0.605. The molecule has 1 amide bonds. The third-order valence-electron chi connectivity index (χ3n) is 4.03. The number of aryl methyl sites for hydroxylation is 1. The molecule has 23 heavy (non-hydrogen) atoms. The molecule has 2 heterocycles. The van der Waals surface area contributed by atoms with Crippen LogP contribution in [-0.2, 0) is 16.6 Å². The number of benzene rings is 1. The Morgan fingerprint density at radius 2 is 2.26 bits per heavy atom. The van der Waals surface area contributed by atoms with E-state index in [9.17, 15) is 9.59 Å². The van der Waals surface area contributed by atoms with Gasteiger partial charge in [0, 0.05) is 31.7 Å². The first-order valence-corrected chi connectivity index (χ1v) is 7.75. The van der Waals surface area contributed by atoms with E-state index in [0.29, 0.717) is 12.3 Å². The van der Waals surface area contributed by atoms with Crippen LogP contribution in [0.4, 0.5) is 0 Å². The number of hydrogen-bond acceptors (Lipinski definition) is 4. The summed E-state index contributed by atoms with van der Waals surface area (Å²) in [6, 6.07) is 8.86. The van der Waals surface area contributed by atoms with E-state index < -0.39 is 0 Å². The Hall–Kier alpha value is -2.34. The minimum absolute atomic E-state index is 0.101. The molecule has 3 rings (SSSR count). The third-order valence-corrected chi connectivity index (χ3v) is 4.03. The second-order valence-corrected chi connectivity index (χ2v) is 5.65. The first-order valence-electron chi connectivity index (χ1n) is 7.75. The van der Waals surface area contributed by atoms with E-state index in [-0.39, 0.29) is 24.2 Å². The van der Waals surface area contributed by atoms with Gasteiger partial charge in [0.15, 0.2) is 6.61 Å². The predicted molar refractivity (Wildman–Crippen MR) is 86.7 cm³/mol. The molecule has 1 fully saturated rings. The van der Waals surface area contributed by atoms with Gasteiger partial charge in [-0.15, -0.1) is 0 Å². The zero-order valence-electron chi connectivity index (χ0n) is 13.1. The van der Waals surface area contributed by atoms with Crippen LogP contribution >= 0.6 is 0 Å². The highest BCUT2D eigenvalue weighted by atomic mass is 16.5. The largest absolute Gasteiger partial charge is 0.483 e. The average molecular weight is 316 g/mol. The Morgan fingerprint density at radius 3 is 3.04 bits per heavy atom. The Balaban J connectivity index is 1.66. The van der Waals surface area contributed by atoms with Crippen molar-refractivity contribution < 1.29 is 14.3 Å². The molecule has 1 unspecified atom stereocenters. The highest BCUT2D eigenvalue weighted by Gasteiger charge is 2.16. The van der Waals surface area contributed by atoms with E-state index >= 15 is 0 Å². The van der Waals surface area contributed by atoms with Crippen molar-refractivity contribution in [2.75, 3.05) is 19.8 Å². The maximum absolute atomic E-state index is 12.0. The minimum Gasteiger partial charge on any atom is -0.483 e. The lowest BCUT2D eigenvalue weighted by atomic mass is 10.2. The van der Waals surface area contributed by atoms with Gasteiger partial charge < -0.3 is 19.4 Å². The van der Waals surface area contributed by atoms with Gasteiger partial charge in [0.1, 0.15) is 5.75 Å². The van der Waals surface area contributed by atoms with Crippen LogP contribution in [0.15, 0.2) is 35.1 Å². The number of rotatable bonds is 5. The van der Waals surface area contributed by atoms with E-state index in [2.05, 4.69) is 5.32 Å². The summed E-state index contributed by atoms with van der Waals surface area (Å²) in [7, 11) is 1.71. The Bertz CT molecular complexity index is 763. The van der Waals surface area contributed by atoms with Crippen LogP contribution in [0.5, 0.6) is 5.75 Å². The molecular weight excluding hydrogens is 296 g/mol. The second-order valence-electron chi connectivity index (χ2n) is 5.65. The first kappa shape index (κ1) is 15.6. The van der Waals surface area contributed by atoms with Crippen molar-refractivity contribution in [3.63, 3.8) is 0 Å². The normalized spacial score (nSPS) is 17.3. The molecule has 1 aromatic carbocycles. The maximum Gasteiger partial charge on any atom is 0.258 e. The molecule has 1 aliphatic rings. The molecule has 2 aromatic rings. The number of aromatic nitrogens is 1. The van der Waals surface area contributed by atoms with Crippen LogP contribution in [0.25, 0.3) is 10.9 Å². The summed E-state index contributed by atoms with van der Waals surface area (Å²) in [5.74, 6) is 0.209. The SMILES string of the molecule is Cn1c(=O)cc(OCC(=O)NCC2CCCO2)c2ccccc21. The summed E-state index contributed by atoms with van der Waals surface area (Å²) in [6.45, 7) is 1.14. The number of para-hydroxylation sites is 1. The molecule has 0 radical (unpaired) electrons. The smallest absolute Gasteiger partial charge is 0.258 e. The van der Waals surface area contributed by atoms with E-state index in [1.54, 1.807) is 11.6 Å². The molecule has 0 aliphatic carbocycles. The Morgan fingerprint density at radius 1 is 1.43 bits per heavy atom. The van der Waals surface area contributed by atoms with Crippen molar-refractivity contribution in [3.8, 4) is 5.75 Å². The van der Waals surface area contributed by atoms with Crippen molar-refractivity contribution >= 4 is 16.8 Å². The fraction of sp³-hybridized carbons (Fsp3) is 0.412. The molecule has 0 saturated carbocycles. The zero-order chi connectivity index (χ0) is 16.2. The van der Waals surface area contributed by atoms with Gasteiger partial charge >= 0.3 is 0 Å². The fourth-order valence-corrected chi connectivity index (χ4v) is 2.73. The topological polar surface area (TPSA) is 69.6 Å². The van der Waals surface area contributed by atoms with Crippen LogP contribution in [0.3, 0.4) is 0 Å². The number of ether oxygens (including phenoxy) is 2. The molecular formula is C17H20N2O4. The Kier molecular flexibility index (Phi) is 4.62. The van der Waals surface area contributed by atoms with E-state index in [4.69, 9.17) is 9.47 Å².